The highest BCUT2D eigenvalue weighted by Gasteiger charge is 2.45. The summed E-state index contributed by atoms with van der Waals surface area (Å²) < 4.78 is 10.1. The van der Waals surface area contributed by atoms with Crippen molar-refractivity contribution in [2.24, 2.45) is 0 Å². The molecular weight excluding hydrogens is 304 g/mol. The smallest absolute Gasteiger partial charge is 0.308 e. The van der Waals surface area contributed by atoms with E-state index in [0.29, 0.717) is 6.42 Å². The fraction of sp³-hybridized carbons (Fsp3) is 0.938. The number of esters is 1. The molecule has 1 heterocycles. The van der Waals surface area contributed by atoms with Crippen LogP contribution in [-0.2, 0) is 14.3 Å². The third kappa shape index (κ3) is 6.73. The highest BCUT2D eigenvalue weighted by molar-refractivity contribution is 5.69. The van der Waals surface area contributed by atoms with Crippen molar-refractivity contribution < 1.29 is 34.7 Å². The van der Waals surface area contributed by atoms with Crippen molar-refractivity contribution in [1.29, 1.82) is 0 Å². The molecule has 1 fully saturated rings. The maximum absolute atomic E-state index is 11.8. The summed E-state index contributed by atoms with van der Waals surface area (Å²) in [4.78, 5) is 11.8. The second-order valence-corrected chi connectivity index (χ2v) is 6.06. The van der Waals surface area contributed by atoms with Crippen LogP contribution in [0.3, 0.4) is 0 Å². The summed E-state index contributed by atoms with van der Waals surface area (Å²) in [5.74, 6) is -0.525. The van der Waals surface area contributed by atoms with E-state index in [1.807, 2.05) is 0 Å². The van der Waals surface area contributed by atoms with Crippen molar-refractivity contribution in [1.82, 2.24) is 0 Å². The molecule has 0 spiro atoms. The Morgan fingerprint density at radius 3 is 2.17 bits per heavy atom. The minimum Gasteiger partial charge on any atom is -0.433 e. The molecule has 5 unspecified atom stereocenters. The first-order valence-electron chi connectivity index (χ1n) is 8.51. The first-order valence-corrected chi connectivity index (χ1v) is 8.51. The van der Waals surface area contributed by atoms with Gasteiger partial charge < -0.3 is 29.9 Å². The summed E-state index contributed by atoms with van der Waals surface area (Å²) in [7, 11) is 0. The lowest BCUT2D eigenvalue weighted by molar-refractivity contribution is -0.292. The van der Waals surface area contributed by atoms with Crippen LogP contribution < -0.4 is 0 Å². The van der Waals surface area contributed by atoms with E-state index in [2.05, 4.69) is 6.92 Å². The van der Waals surface area contributed by atoms with Crippen LogP contribution in [0.2, 0.25) is 0 Å². The minimum absolute atomic E-state index is 0.211. The van der Waals surface area contributed by atoms with Gasteiger partial charge in [-0.25, -0.2) is 0 Å². The van der Waals surface area contributed by atoms with Gasteiger partial charge in [0.1, 0.15) is 24.4 Å². The molecule has 0 aromatic heterocycles. The van der Waals surface area contributed by atoms with Gasteiger partial charge in [0.05, 0.1) is 6.61 Å². The Bertz CT molecular complexity index is 334. The van der Waals surface area contributed by atoms with Gasteiger partial charge in [0, 0.05) is 6.42 Å². The van der Waals surface area contributed by atoms with Gasteiger partial charge in [0.25, 0.3) is 0 Å². The minimum atomic E-state index is -1.54. The summed E-state index contributed by atoms with van der Waals surface area (Å²) in [5, 5.41) is 38.1. The Labute approximate surface area is 137 Å². The van der Waals surface area contributed by atoms with Crippen molar-refractivity contribution in [3.8, 4) is 0 Å². The maximum atomic E-state index is 11.8. The zero-order valence-electron chi connectivity index (χ0n) is 13.8. The molecule has 1 aliphatic heterocycles. The monoisotopic (exact) mass is 334 g/mol. The summed E-state index contributed by atoms with van der Waals surface area (Å²) in [6.45, 7) is 1.62. The van der Waals surface area contributed by atoms with Gasteiger partial charge in [-0.2, -0.15) is 0 Å². The van der Waals surface area contributed by atoms with Crippen LogP contribution in [0.4, 0.5) is 0 Å². The maximum Gasteiger partial charge on any atom is 0.308 e. The number of rotatable bonds is 10. The number of hydrogen-bond acceptors (Lipinski definition) is 7. The molecule has 0 radical (unpaired) electrons. The van der Waals surface area contributed by atoms with Gasteiger partial charge in [-0.3, -0.25) is 4.79 Å². The lowest BCUT2D eigenvalue weighted by Crippen LogP contribution is -2.59. The number of unbranched alkanes of at least 4 members (excludes halogenated alkanes) is 6. The van der Waals surface area contributed by atoms with Crippen LogP contribution in [0.5, 0.6) is 0 Å². The predicted octanol–water partition coefficient (Wildman–Crippen LogP) is 0.470. The number of carbonyl (C=O) groups excluding carboxylic acids is 1. The molecule has 1 aliphatic rings. The van der Waals surface area contributed by atoms with Crippen molar-refractivity contribution in [2.75, 3.05) is 6.61 Å². The summed E-state index contributed by atoms with van der Waals surface area (Å²) in [5.41, 5.74) is 0. The van der Waals surface area contributed by atoms with Crippen LogP contribution in [0.25, 0.3) is 0 Å². The van der Waals surface area contributed by atoms with Crippen LogP contribution in [0.1, 0.15) is 58.3 Å². The molecule has 7 nitrogen and oxygen atoms in total. The highest BCUT2D eigenvalue weighted by atomic mass is 16.7. The predicted molar refractivity (Wildman–Crippen MR) is 82.5 cm³/mol. The van der Waals surface area contributed by atoms with E-state index in [1.54, 1.807) is 0 Å². The van der Waals surface area contributed by atoms with Gasteiger partial charge in [0.2, 0.25) is 6.29 Å². The Balaban J connectivity index is 2.25. The van der Waals surface area contributed by atoms with Crippen molar-refractivity contribution in [2.45, 2.75) is 89.0 Å². The molecule has 5 atom stereocenters. The first kappa shape index (κ1) is 20.3. The number of aliphatic hydroxyl groups is 4. The Morgan fingerprint density at radius 1 is 0.957 bits per heavy atom. The van der Waals surface area contributed by atoms with E-state index in [0.717, 1.165) is 19.3 Å². The Kier molecular flexibility index (Phi) is 9.66. The zero-order chi connectivity index (χ0) is 17.2. The summed E-state index contributed by atoms with van der Waals surface area (Å²) in [6.07, 6.45) is 0.779. The third-order valence-electron chi connectivity index (χ3n) is 4.08. The van der Waals surface area contributed by atoms with Gasteiger partial charge in [-0.1, -0.05) is 45.4 Å². The van der Waals surface area contributed by atoms with Crippen LogP contribution in [0, 0.1) is 0 Å². The molecule has 0 aromatic rings. The third-order valence-corrected chi connectivity index (χ3v) is 4.08. The number of ether oxygens (including phenoxy) is 2. The van der Waals surface area contributed by atoms with Crippen molar-refractivity contribution in [3.63, 3.8) is 0 Å². The second-order valence-electron chi connectivity index (χ2n) is 6.06. The van der Waals surface area contributed by atoms with E-state index >= 15 is 0 Å². The largest absolute Gasteiger partial charge is 0.433 e. The average Bonchev–Trinajstić information content (AvgIpc) is 2.54. The fourth-order valence-electron chi connectivity index (χ4n) is 2.58. The molecule has 0 aliphatic carbocycles. The average molecular weight is 334 g/mol. The molecule has 23 heavy (non-hydrogen) atoms. The van der Waals surface area contributed by atoms with Crippen LogP contribution >= 0.6 is 0 Å². The quantitative estimate of drug-likeness (QED) is 0.339. The normalized spacial score (nSPS) is 31.1. The van der Waals surface area contributed by atoms with E-state index in [-0.39, 0.29) is 6.42 Å². The van der Waals surface area contributed by atoms with Crippen LogP contribution in [-0.4, -0.2) is 63.7 Å². The van der Waals surface area contributed by atoms with Crippen LogP contribution in [0.15, 0.2) is 0 Å². The second kappa shape index (κ2) is 10.9. The molecule has 1 saturated heterocycles. The van der Waals surface area contributed by atoms with Gasteiger partial charge in [-0.15, -0.1) is 0 Å². The van der Waals surface area contributed by atoms with E-state index in [4.69, 9.17) is 14.6 Å². The Morgan fingerprint density at radius 2 is 1.57 bits per heavy atom. The van der Waals surface area contributed by atoms with Gasteiger partial charge in [0.15, 0.2) is 0 Å². The van der Waals surface area contributed by atoms with Crippen molar-refractivity contribution in [3.05, 3.63) is 0 Å². The van der Waals surface area contributed by atoms with E-state index in [1.165, 1.54) is 19.3 Å². The number of hydrogen-bond donors (Lipinski definition) is 4. The standard InChI is InChI=1S/C16H30O7/c1-2-3-4-5-6-7-8-9-12(18)23-16-15(21)14(20)13(19)11(10-17)22-16/h11,13-17,19-21H,2-10H2,1H3. The SMILES string of the molecule is CCCCCCCCCC(=O)OC1OC(CO)C(O)C(O)C1O. The molecule has 136 valence electrons. The molecule has 0 saturated carbocycles. The lowest BCUT2D eigenvalue weighted by atomic mass is 9.99. The highest BCUT2D eigenvalue weighted by Crippen LogP contribution is 2.22. The van der Waals surface area contributed by atoms with Gasteiger partial charge >= 0.3 is 5.97 Å². The molecule has 0 bridgehead atoms. The summed E-state index contributed by atoms with van der Waals surface area (Å²) >= 11 is 0. The molecule has 0 aromatic carbocycles. The first-order chi connectivity index (χ1) is 11.0. The molecule has 1 rings (SSSR count). The molecule has 0 amide bonds. The summed E-state index contributed by atoms with van der Waals surface area (Å²) in [6, 6.07) is 0. The molecule has 7 heteroatoms. The molecular formula is C16H30O7. The number of aliphatic hydroxyl groups excluding tert-OH is 4. The van der Waals surface area contributed by atoms with Crippen molar-refractivity contribution >= 4 is 5.97 Å². The molecule has 4 N–H and O–H groups in total. The van der Waals surface area contributed by atoms with E-state index in [9.17, 15) is 20.1 Å². The van der Waals surface area contributed by atoms with Gasteiger partial charge in [-0.05, 0) is 6.42 Å². The van der Waals surface area contributed by atoms with E-state index < -0.39 is 43.3 Å². The Hall–Kier alpha value is -0.730. The lowest BCUT2D eigenvalue weighted by Gasteiger charge is -2.39. The fourth-order valence-corrected chi connectivity index (χ4v) is 2.58. The number of carbonyl (C=O) groups is 1. The topological polar surface area (TPSA) is 116 Å². The zero-order valence-corrected chi connectivity index (χ0v) is 13.8.